The molecule has 0 aromatic carbocycles. The molecule has 1 aliphatic carbocycles. The van der Waals surface area contributed by atoms with Crippen LogP contribution in [0.4, 0.5) is 5.82 Å². The zero-order valence-corrected chi connectivity index (χ0v) is 13.0. The molecule has 114 valence electrons. The molecule has 2 aromatic rings. The van der Waals surface area contributed by atoms with Crippen LogP contribution in [0.15, 0.2) is 18.6 Å². The first-order valence-electron chi connectivity index (χ1n) is 7.99. The maximum absolute atomic E-state index is 6.01. The highest BCUT2D eigenvalue weighted by molar-refractivity contribution is 5.86. The summed E-state index contributed by atoms with van der Waals surface area (Å²) in [5, 5.41) is 0. The molecule has 2 heterocycles. The van der Waals surface area contributed by atoms with Crippen molar-refractivity contribution < 1.29 is 0 Å². The third-order valence-electron chi connectivity index (χ3n) is 4.81. The second-order valence-corrected chi connectivity index (χ2v) is 5.99. The van der Waals surface area contributed by atoms with Crippen LogP contribution in [0.3, 0.4) is 0 Å². The van der Waals surface area contributed by atoms with Crippen LogP contribution < -0.4 is 10.6 Å². The first-order valence-corrected chi connectivity index (χ1v) is 7.99. The lowest BCUT2D eigenvalue weighted by atomic mass is 9.83. The van der Waals surface area contributed by atoms with E-state index in [4.69, 9.17) is 5.73 Å². The number of hydrogen-bond donors (Lipinski definition) is 1. The smallest absolute Gasteiger partial charge is 0.156 e. The van der Waals surface area contributed by atoms with Gasteiger partial charge in [0, 0.05) is 25.8 Å². The van der Waals surface area contributed by atoms with Gasteiger partial charge in [-0.05, 0) is 38.3 Å². The lowest BCUT2D eigenvalue weighted by Crippen LogP contribution is -2.45. The number of aryl methyl sites for hydroxylation is 1. The van der Waals surface area contributed by atoms with Gasteiger partial charge >= 0.3 is 0 Å². The quantitative estimate of drug-likeness (QED) is 0.937. The summed E-state index contributed by atoms with van der Waals surface area (Å²) in [5.74, 6) is 1.58. The average Bonchev–Trinajstić information content (AvgIpc) is 2.91. The van der Waals surface area contributed by atoms with Crippen molar-refractivity contribution in [2.75, 3.05) is 18.0 Å². The third kappa shape index (κ3) is 2.50. The second-order valence-electron chi connectivity index (χ2n) is 5.99. The lowest BCUT2D eigenvalue weighted by molar-refractivity contribution is 0.300. The van der Waals surface area contributed by atoms with Crippen LogP contribution >= 0.6 is 0 Å². The Morgan fingerprint density at radius 1 is 1.33 bits per heavy atom. The van der Waals surface area contributed by atoms with Gasteiger partial charge < -0.3 is 15.2 Å². The molecule has 0 aliphatic heterocycles. The third-order valence-corrected chi connectivity index (χ3v) is 4.81. The largest absolute Gasteiger partial charge is 0.352 e. The molecule has 2 aromatic heterocycles. The molecule has 0 amide bonds. The summed E-state index contributed by atoms with van der Waals surface area (Å²) in [7, 11) is 2.03. The maximum Gasteiger partial charge on any atom is 0.156 e. The molecule has 0 saturated heterocycles. The molecule has 5 nitrogen and oxygen atoms in total. The van der Waals surface area contributed by atoms with E-state index in [0.717, 1.165) is 29.9 Å². The monoisotopic (exact) mass is 287 g/mol. The van der Waals surface area contributed by atoms with Gasteiger partial charge in [0.25, 0.3) is 0 Å². The fourth-order valence-electron chi connectivity index (χ4n) is 3.67. The molecule has 0 spiro atoms. The minimum absolute atomic E-state index is 0.494. The molecule has 5 heteroatoms. The summed E-state index contributed by atoms with van der Waals surface area (Å²) in [6.45, 7) is 3.91. The Labute approximate surface area is 126 Å². The van der Waals surface area contributed by atoms with E-state index in [1.165, 1.54) is 25.7 Å². The van der Waals surface area contributed by atoms with Gasteiger partial charge in [0.1, 0.15) is 5.52 Å². The van der Waals surface area contributed by atoms with Crippen LogP contribution in [0.5, 0.6) is 0 Å². The molecular formula is C16H25N5. The van der Waals surface area contributed by atoms with Crippen LogP contribution in [0.25, 0.3) is 11.0 Å². The minimum Gasteiger partial charge on any atom is -0.352 e. The van der Waals surface area contributed by atoms with Gasteiger partial charge in [0.05, 0.1) is 11.8 Å². The Kier molecular flexibility index (Phi) is 4.10. The number of rotatable bonds is 4. The standard InChI is InChI=1S/C16H25N5/c1-3-21(13-7-5-4-6-12(13)10-17)16-15-14(8-9-18-16)20(2)11-19-15/h8-9,11-13H,3-7,10,17H2,1-2H3. The molecular weight excluding hydrogens is 262 g/mol. The molecule has 3 rings (SSSR count). The zero-order chi connectivity index (χ0) is 14.8. The maximum atomic E-state index is 6.01. The van der Waals surface area contributed by atoms with Gasteiger partial charge in [-0.15, -0.1) is 0 Å². The predicted octanol–water partition coefficient (Wildman–Crippen LogP) is 2.31. The van der Waals surface area contributed by atoms with Gasteiger partial charge in [-0.3, -0.25) is 0 Å². The van der Waals surface area contributed by atoms with Crippen molar-refractivity contribution in [1.82, 2.24) is 14.5 Å². The van der Waals surface area contributed by atoms with Crippen molar-refractivity contribution in [3.63, 3.8) is 0 Å². The Morgan fingerprint density at radius 3 is 2.90 bits per heavy atom. The van der Waals surface area contributed by atoms with E-state index < -0.39 is 0 Å². The summed E-state index contributed by atoms with van der Waals surface area (Å²) >= 11 is 0. The Hall–Kier alpha value is -1.62. The molecule has 0 radical (unpaired) electrons. The van der Waals surface area contributed by atoms with Crippen LogP contribution in [-0.2, 0) is 7.05 Å². The molecule has 0 bridgehead atoms. The van der Waals surface area contributed by atoms with Gasteiger partial charge in [-0.1, -0.05) is 12.8 Å². The number of anilines is 1. The fraction of sp³-hybridized carbons (Fsp3) is 0.625. The average molecular weight is 287 g/mol. The van der Waals surface area contributed by atoms with Gasteiger partial charge in [-0.25, -0.2) is 9.97 Å². The number of pyridine rings is 1. The number of fused-ring (bicyclic) bond motifs is 1. The van der Waals surface area contributed by atoms with E-state index in [-0.39, 0.29) is 0 Å². The Morgan fingerprint density at radius 2 is 2.14 bits per heavy atom. The SMILES string of the molecule is CCN(c1nccc2c1ncn2C)C1CCCCC1CN. The lowest BCUT2D eigenvalue weighted by Gasteiger charge is -2.40. The minimum atomic E-state index is 0.494. The van der Waals surface area contributed by atoms with E-state index in [9.17, 15) is 0 Å². The van der Waals surface area contributed by atoms with Crippen molar-refractivity contribution >= 4 is 16.9 Å². The molecule has 2 unspecified atom stereocenters. The van der Waals surface area contributed by atoms with Crippen molar-refractivity contribution in [2.45, 2.75) is 38.6 Å². The first kappa shape index (κ1) is 14.3. The number of nitrogens with two attached hydrogens (primary N) is 1. The number of hydrogen-bond acceptors (Lipinski definition) is 4. The van der Waals surface area contributed by atoms with Gasteiger partial charge in [-0.2, -0.15) is 0 Å². The summed E-state index contributed by atoms with van der Waals surface area (Å²) in [6, 6.07) is 2.52. The molecule has 1 fully saturated rings. The summed E-state index contributed by atoms with van der Waals surface area (Å²) in [6.07, 6.45) is 8.79. The highest BCUT2D eigenvalue weighted by Gasteiger charge is 2.30. The highest BCUT2D eigenvalue weighted by Crippen LogP contribution is 2.32. The molecule has 1 saturated carbocycles. The van der Waals surface area contributed by atoms with Gasteiger partial charge in [0.15, 0.2) is 5.82 Å². The zero-order valence-electron chi connectivity index (χ0n) is 13.0. The van der Waals surface area contributed by atoms with E-state index in [1.54, 1.807) is 0 Å². The van der Waals surface area contributed by atoms with Crippen LogP contribution in [0, 0.1) is 5.92 Å². The van der Waals surface area contributed by atoms with Crippen LogP contribution in [0.1, 0.15) is 32.6 Å². The van der Waals surface area contributed by atoms with Crippen LogP contribution in [0.2, 0.25) is 0 Å². The van der Waals surface area contributed by atoms with Crippen molar-refractivity contribution in [3.05, 3.63) is 18.6 Å². The summed E-state index contributed by atoms with van der Waals surface area (Å²) < 4.78 is 2.05. The Balaban J connectivity index is 2.01. The number of imidazole rings is 1. The molecule has 1 aliphatic rings. The first-order chi connectivity index (χ1) is 10.3. The normalized spacial score (nSPS) is 22.6. The topological polar surface area (TPSA) is 60.0 Å². The second kappa shape index (κ2) is 6.02. The van der Waals surface area contributed by atoms with E-state index >= 15 is 0 Å². The van der Waals surface area contributed by atoms with E-state index in [2.05, 4.69) is 26.4 Å². The Bertz CT molecular complexity index is 606. The number of nitrogens with zero attached hydrogens (tertiary/aromatic N) is 4. The molecule has 2 N–H and O–H groups in total. The van der Waals surface area contributed by atoms with E-state index in [0.29, 0.717) is 12.0 Å². The molecule has 21 heavy (non-hydrogen) atoms. The van der Waals surface area contributed by atoms with Crippen LogP contribution in [-0.4, -0.2) is 33.7 Å². The van der Waals surface area contributed by atoms with Gasteiger partial charge in [0.2, 0.25) is 0 Å². The summed E-state index contributed by atoms with van der Waals surface area (Å²) in [5.41, 5.74) is 8.15. The number of aromatic nitrogens is 3. The summed E-state index contributed by atoms with van der Waals surface area (Å²) in [4.78, 5) is 11.6. The van der Waals surface area contributed by atoms with Crippen molar-refractivity contribution in [3.8, 4) is 0 Å². The van der Waals surface area contributed by atoms with E-state index in [1.807, 2.05) is 25.6 Å². The molecule has 2 atom stereocenters. The fourth-order valence-corrected chi connectivity index (χ4v) is 3.67. The van der Waals surface area contributed by atoms with Crippen molar-refractivity contribution in [2.24, 2.45) is 18.7 Å². The van der Waals surface area contributed by atoms with Crippen molar-refractivity contribution in [1.29, 1.82) is 0 Å². The predicted molar refractivity (Wildman–Crippen MR) is 86.3 cm³/mol. The highest BCUT2D eigenvalue weighted by atomic mass is 15.2.